The molecule has 0 unspecified atom stereocenters. The number of nitrogens with zero attached hydrogens (tertiary/aromatic N) is 3. The van der Waals surface area contributed by atoms with Gasteiger partial charge in [0.25, 0.3) is 0 Å². The number of hydrogen-bond acceptors (Lipinski definition) is 6. The fourth-order valence-electron chi connectivity index (χ4n) is 5.61. The van der Waals surface area contributed by atoms with Crippen LogP contribution in [-0.2, 0) is 143 Å². The summed E-state index contributed by atoms with van der Waals surface area (Å²) in [4.78, 5) is 31.3. The van der Waals surface area contributed by atoms with E-state index < -0.39 is 0 Å². The smallest absolute Gasteiger partial charge is 0.223 e. The molecule has 0 saturated carbocycles. The number of piperidine rings is 1. The second-order valence-electron chi connectivity index (χ2n) is 10.7. The van der Waals surface area contributed by atoms with Crippen LogP contribution in [0.15, 0.2) is 48.5 Å². The number of rotatable bonds is 7. The Morgan fingerprint density at radius 2 is 1.22 bits per heavy atom. The highest BCUT2D eigenvalue weighted by Crippen LogP contribution is 2.33. The van der Waals surface area contributed by atoms with Crippen LogP contribution in [-0.4, -0.2) is 79.0 Å². The quantitative estimate of drug-likeness (QED) is 0.396. The molecule has 2 aromatic carbocycles. The van der Waals surface area contributed by atoms with Gasteiger partial charge in [-0.3, -0.25) is 14.5 Å². The Kier molecular flexibility index (Phi) is 24.2. The number of halogens is 2. The zero-order valence-corrected chi connectivity index (χ0v) is 39.7. The first-order valence-corrected chi connectivity index (χ1v) is 32.9. The molecule has 4 rings (SSSR count). The molecule has 278 valence electrons. The molecule has 2 fully saturated rings. The summed E-state index contributed by atoms with van der Waals surface area (Å²) in [7, 11) is 21.6. The van der Waals surface area contributed by atoms with E-state index in [0.717, 1.165) is 43.6 Å². The molecule has 0 aromatic heterocycles. The van der Waals surface area contributed by atoms with Gasteiger partial charge in [0.15, 0.2) is 0 Å². The lowest BCUT2D eigenvalue weighted by Gasteiger charge is -2.45. The van der Waals surface area contributed by atoms with E-state index in [0.29, 0.717) is 42.1 Å². The molecule has 6 nitrogen and oxygen atoms in total. The first kappa shape index (κ1) is 45.4. The molecule has 2 heterocycles. The SMILES string of the molecule is COC[C@H]1CN(C(c2ccc(Cl)cc2)c2ccc(Cl)cc2)CCN1C(=O)CC1CCN(C(C)=O)CC1.S=S=S=S=S=S=S=S=S=S=S=S=S=S. The zero-order valence-electron chi connectivity index (χ0n) is 26.8. The molecule has 2 aliphatic heterocycles. The van der Waals surface area contributed by atoms with Gasteiger partial charge in [-0.1, -0.05) is 47.5 Å². The molecule has 2 aliphatic rings. The van der Waals surface area contributed by atoms with Crippen LogP contribution in [0.3, 0.4) is 0 Å². The van der Waals surface area contributed by atoms with Gasteiger partial charge < -0.3 is 14.5 Å². The normalized spacial score (nSPS) is 16.1. The number of carbonyl (C=O) groups is 2. The molecular formula is C28H35Cl2N3O3S14. The Bertz CT molecular complexity index is 1870. The highest BCUT2D eigenvalue weighted by atomic mass is 35.5. The maximum absolute atomic E-state index is 13.4. The van der Waals surface area contributed by atoms with Crippen molar-refractivity contribution in [3.8, 4) is 0 Å². The van der Waals surface area contributed by atoms with Crippen molar-refractivity contribution in [2.45, 2.75) is 38.3 Å². The van der Waals surface area contributed by atoms with E-state index >= 15 is 0 Å². The molecule has 0 bridgehead atoms. The monoisotopic (exact) mass is 979 g/mol. The van der Waals surface area contributed by atoms with Gasteiger partial charge in [0, 0.05) is 192 Å². The van der Waals surface area contributed by atoms with Crippen LogP contribution < -0.4 is 0 Å². The summed E-state index contributed by atoms with van der Waals surface area (Å²) in [6.45, 7) is 5.69. The van der Waals surface area contributed by atoms with Gasteiger partial charge in [-0.15, -0.1) is 0 Å². The van der Waals surface area contributed by atoms with Crippen molar-refractivity contribution in [3.05, 3.63) is 69.7 Å². The Morgan fingerprint density at radius 3 is 1.64 bits per heavy atom. The van der Waals surface area contributed by atoms with Gasteiger partial charge in [0.05, 0.1) is 18.7 Å². The fraction of sp³-hybridized carbons (Fsp3) is 0.500. The Labute approximate surface area is 348 Å². The highest BCUT2D eigenvalue weighted by Gasteiger charge is 2.35. The summed E-state index contributed by atoms with van der Waals surface area (Å²) < 4.78 is 5.56. The van der Waals surface area contributed by atoms with Gasteiger partial charge in [-0.05, 0) is 54.2 Å². The van der Waals surface area contributed by atoms with Crippen LogP contribution in [0.5, 0.6) is 0 Å². The maximum atomic E-state index is 13.4. The molecule has 1 atom stereocenters. The van der Waals surface area contributed by atoms with E-state index in [1.165, 1.54) is 17.8 Å². The van der Waals surface area contributed by atoms with Crippen molar-refractivity contribution in [1.82, 2.24) is 14.7 Å². The van der Waals surface area contributed by atoms with E-state index in [1.54, 1.807) is 103 Å². The minimum Gasteiger partial charge on any atom is -0.382 e. The van der Waals surface area contributed by atoms with Crippen LogP contribution in [0.25, 0.3) is 0 Å². The largest absolute Gasteiger partial charge is 0.382 e. The second kappa shape index (κ2) is 26.7. The lowest BCUT2D eigenvalue weighted by molar-refractivity contribution is -0.139. The lowest BCUT2D eigenvalue weighted by atomic mass is 9.92. The third kappa shape index (κ3) is 16.8. The number of piperazine rings is 1. The minimum absolute atomic E-state index is 0.0204. The van der Waals surface area contributed by atoms with Gasteiger partial charge >= 0.3 is 0 Å². The number of carbonyl (C=O) groups excluding carboxylic acids is 2. The van der Waals surface area contributed by atoms with Crippen LogP contribution in [0.1, 0.15) is 43.4 Å². The summed E-state index contributed by atoms with van der Waals surface area (Å²) in [6, 6.07) is 15.9. The molecule has 2 saturated heterocycles. The molecule has 0 spiro atoms. The van der Waals surface area contributed by atoms with Gasteiger partial charge in [-0.2, -0.15) is 0 Å². The van der Waals surface area contributed by atoms with E-state index in [1.807, 2.05) is 34.1 Å². The lowest BCUT2D eigenvalue weighted by Crippen LogP contribution is -2.57. The maximum Gasteiger partial charge on any atom is 0.223 e. The first-order chi connectivity index (χ1) is 24.3. The number of methoxy groups -OCH3 is 1. The molecule has 50 heavy (non-hydrogen) atoms. The second-order valence-corrected chi connectivity index (χ2v) is 32.8. The molecule has 2 aromatic rings. The number of likely N-dealkylation sites (tertiary alicyclic amines) is 1. The molecule has 0 radical (unpaired) electrons. The highest BCUT2D eigenvalue weighted by molar-refractivity contribution is 8.76. The van der Waals surface area contributed by atoms with Crippen LogP contribution in [0.2, 0.25) is 10.0 Å². The van der Waals surface area contributed by atoms with Crippen molar-refractivity contribution in [2.75, 3.05) is 46.4 Å². The van der Waals surface area contributed by atoms with E-state index in [4.69, 9.17) is 50.3 Å². The Hall–Kier alpha value is 0.960. The van der Waals surface area contributed by atoms with Crippen molar-refractivity contribution in [1.29, 1.82) is 0 Å². The minimum atomic E-state index is -0.0318. The van der Waals surface area contributed by atoms with Gasteiger partial charge in [0.2, 0.25) is 11.8 Å². The number of benzene rings is 2. The summed E-state index contributed by atoms with van der Waals surface area (Å²) in [5, 5.41) is 1.41. The third-order valence-electron chi connectivity index (χ3n) is 7.76. The predicted molar refractivity (Wildman–Crippen MR) is 246 cm³/mol. The third-order valence-corrected chi connectivity index (χ3v) is 32.7. The van der Waals surface area contributed by atoms with Crippen LogP contribution in [0, 0.1) is 5.92 Å². The molecule has 2 amide bonds. The fourth-order valence-corrected chi connectivity index (χ4v) is 33.3. The van der Waals surface area contributed by atoms with Gasteiger partial charge in [0.1, 0.15) is 0 Å². The molecule has 0 aliphatic carbocycles. The standard InChI is InChI=1S/C28H35Cl2N3O3.S14/c1-20(34)31-13-11-21(12-14-31)17-27(35)33-16-15-32(18-26(33)19-36-2)28(22-3-7-24(29)8-4-22)23-5-9-25(30)10-6-23;1-3-5-7-9-11-13-14-12-10-8-6-4-2/h3-10,21,26,28H,11-19H2,1-2H3;/t26-;/m1./s1. The van der Waals surface area contributed by atoms with Crippen LogP contribution >= 0.6 is 23.2 Å². The van der Waals surface area contributed by atoms with E-state index in [2.05, 4.69) is 29.2 Å². The average molecular weight is 981 g/mol. The summed E-state index contributed by atoms with van der Waals surface area (Å²) in [6.07, 6.45) is 2.30. The van der Waals surface area contributed by atoms with E-state index in [-0.39, 0.29) is 23.9 Å². The van der Waals surface area contributed by atoms with E-state index in [9.17, 15) is 9.59 Å². The summed E-state index contributed by atoms with van der Waals surface area (Å²) >= 11 is 21.8. The number of hydrogen-bond donors (Lipinski definition) is 0. The zero-order chi connectivity index (χ0) is 36.1. The summed E-state index contributed by atoms with van der Waals surface area (Å²) in [5.74, 6) is 0.629. The predicted octanol–water partition coefficient (Wildman–Crippen LogP) is 4.86. The summed E-state index contributed by atoms with van der Waals surface area (Å²) in [5.41, 5.74) is 2.30. The average Bonchev–Trinajstić information content (AvgIpc) is 3.11. The van der Waals surface area contributed by atoms with Crippen molar-refractivity contribution >= 4 is 164 Å². The first-order valence-electron chi connectivity index (χ1n) is 14.8. The molecular weight excluding hydrogens is 946 g/mol. The Balaban J connectivity index is 0.000000409. The Morgan fingerprint density at radius 1 is 0.760 bits per heavy atom. The van der Waals surface area contributed by atoms with Crippen molar-refractivity contribution in [2.24, 2.45) is 5.92 Å². The molecule has 0 N–H and O–H groups in total. The molecule has 22 heteroatoms. The topological polar surface area (TPSA) is 53.1 Å². The number of amides is 2. The van der Waals surface area contributed by atoms with Crippen LogP contribution in [0.4, 0.5) is 0 Å². The van der Waals surface area contributed by atoms with Crippen molar-refractivity contribution in [3.63, 3.8) is 0 Å². The van der Waals surface area contributed by atoms with Gasteiger partial charge in [-0.25, -0.2) is 0 Å². The van der Waals surface area contributed by atoms with Crippen molar-refractivity contribution < 1.29 is 14.3 Å². The number of ether oxygens (including phenoxy) is 1.